The van der Waals surface area contributed by atoms with Crippen LogP contribution in [0.5, 0.6) is 5.75 Å². The Morgan fingerprint density at radius 1 is 1.38 bits per heavy atom. The van der Waals surface area contributed by atoms with Gasteiger partial charge in [0.05, 0.1) is 5.69 Å². The minimum Gasteiger partial charge on any atom is -0.482 e. The van der Waals surface area contributed by atoms with E-state index in [0.29, 0.717) is 35.9 Å². The van der Waals surface area contributed by atoms with Gasteiger partial charge in [-0.05, 0) is 31.5 Å². The minimum atomic E-state index is -0.396. The van der Waals surface area contributed by atoms with E-state index in [1.807, 2.05) is 13.8 Å². The van der Waals surface area contributed by atoms with Gasteiger partial charge >= 0.3 is 11.8 Å². The number of nitrogens with one attached hydrogen (secondary N) is 1. The van der Waals surface area contributed by atoms with Gasteiger partial charge in [-0.2, -0.15) is 4.98 Å². The zero-order chi connectivity index (χ0) is 17.1. The lowest BCUT2D eigenvalue weighted by molar-refractivity contribution is -0.121. The molecule has 126 valence electrons. The van der Waals surface area contributed by atoms with Crippen LogP contribution in [0.2, 0.25) is 0 Å². The third-order valence-electron chi connectivity index (χ3n) is 3.63. The Labute approximate surface area is 138 Å². The molecule has 0 fully saturated rings. The number of carbonyl (C=O) groups is 2. The Morgan fingerprint density at radius 3 is 2.96 bits per heavy atom. The van der Waals surface area contributed by atoms with Crippen molar-refractivity contribution in [3.63, 3.8) is 0 Å². The predicted molar refractivity (Wildman–Crippen MR) is 85.9 cm³/mol. The lowest BCUT2D eigenvalue weighted by Gasteiger charge is -2.28. The monoisotopic (exact) mass is 330 g/mol. The van der Waals surface area contributed by atoms with Crippen LogP contribution in [0.1, 0.15) is 31.0 Å². The molecule has 1 aromatic heterocycles. The number of fused-ring (bicyclic) bond motifs is 1. The van der Waals surface area contributed by atoms with Gasteiger partial charge in [0.2, 0.25) is 5.82 Å². The first-order valence-electron chi connectivity index (χ1n) is 7.83. The number of aromatic nitrogens is 2. The maximum Gasteiger partial charge on any atom is 0.316 e. The van der Waals surface area contributed by atoms with Gasteiger partial charge in [-0.3, -0.25) is 9.59 Å². The average molecular weight is 330 g/mol. The van der Waals surface area contributed by atoms with E-state index >= 15 is 0 Å². The van der Waals surface area contributed by atoms with E-state index in [9.17, 15) is 9.59 Å². The lowest BCUT2D eigenvalue weighted by Crippen LogP contribution is -2.38. The molecule has 0 atom stereocenters. The Morgan fingerprint density at radius 2 is 2.21 bits per heavy atom. The van der Waals surface area contributed by atoms with Crippen LogP contribution in [0.15, 0.2) is 22.7 Å². The molecule has 8 heteroatoms. The fourth-order valence-corrected chi connectivity index (χ4v) is 2.44. The van der Waals surface area contributed by atoms with Gasteiger partial charge in [0.15, 0.2) is 6.61 Å². The smallest absolute Gasteiger partial charge is 0.316 e. The van der Waals surface area contributed by atoms with Gasteiger partial charge in [-0.25, -0.2) is 0 Å². The number of benzene rings is 1. The SMILES string of the molecule is CCCNC(=O)c1nc(-c2ccc3c(c2)OCC(=O)N3CC)no1. The first kappa shape index (κ1) is 16.0. The molecule has 2 heterocycles. The van der Waals surface area contributed by atoms with Crippen LogP contribution < -0.4 is 15.0 Å². The predicted octanol–water partition coefficient (Wildman–Crippen LogP) is 1.62. The molecular weight excluding hydrogens is 312 g/mol. The van der Waals surface area contributed by atoms with Crippen molar-refractivity contribution >= 4 is 17.5 Å². The van der Waals surface area contributed by atoms with Crippen molar-refractivity contribution in [2.75, 3.05) is 24.6 Å². The molecule has 0 radical (unpaired) electrons. The van der Waals surface area contributed by atoms with Crippen molar-refractivity contribution in [2.45, 2.75) is 20.3 Å². The lowest BCUT2D eigenvalue weighted by atomic mass is 10.1. The van der Waals surface area contributed by atoms with E-state index in [1.165, 1.54) is 0 Å². The number of likely N-dealkylation sites (N-methyl/N-ethyl adjacent to an activating group) is 1. The van der Waals surface area contributed by atoms with Crippen LogP contribution in [0.25, 0.3) is 11.4 Å². The van der Waals surface area contributed by atoms with Crippen molar-refractivity contribution in [1.29, 1.82) is 0 Å². The Balaban J connectivity index is 1.85. The summed E-state index contributed by atoms with van der Waals surface area (Å²) in [5, 5.41) is 6.51. The Bertz CT molecular complexity index is 771. The van der Waals surface area contributed by atoms with Crippen LogP contribution in [0.4, 0.5) is 5.69 Å². The zero-order valence-electron chi connectivity index (χ0n) is 13.5. The molecule has 0 saturated carbocycles. The van der Waals surface area contributed by atoms with Crippen LogP contribution in [0, 0.1) is 0 Å². The van der Waals surface area contributed by atoms with E-state index in [-0.39, 0.29) is 18.4 Å². The quantitative estimate of drug-likeness (QED) is 0.894. The number of amides is 2. The number of hydrogen-bond donors (Lipinski definition) is 1. The number of ether oxygens (including phenoxy) is 1. The van der Waals surface area contributed by atoms with Crippen molar-refractivity contribution in [3.8, 4) is 17.1 Å². The topological polar surface area (TPSA) is 97.6 Å². The van der Waals surface area contributed by atoms with Gasteiger partial charge in [0.1, 0.15) is 5.75 Å². The molecule has 3 rings (SSSR count). The van der Waals surface area contributed by atoms with Crippen LogP contribution in [-0.2, 0) is 4.79 Å². The second-order valence-corrected chi connectivity index (χ2v) is 5.29. The summed E-state index contributed by atoms with van der Waals surface area (Å²) in [6.07, 6.45) is 0.821. The first-order chi connectivity index (χ1) is 11.6. The second kappa shape index (κ2) is 6.69. The molecule has 1 N–H and O–H groups in total. The van der Waals surface area contributed by atoms with Crippen molar-refractivity contribution in [2.24, 2.45) is 0 Å². The number of nitrogens with zero attached hydrogens (tertiary/aromatic N) is 3. The van der Waals surface area contributed by atoms with Crippen molar-refractivity contribution in [1.82, 2.24) is 15.5 Å². The summed E-state index contributed by atoms with van der Waals surface area (Å²) < 4.78 is 10.5. The second-order valence-electron chi connectivity index (χ2n) is 5.29. The largest absolute Gasteiger partial charge is 0.482 e. The molecule has 0 spiro atoms. The summed E-state index contributed by atoms with van der Waals surface area (Å²) in [6.45, 7) is 4.97. The highest BCUT2D eigenvalue weighted by atomic mass is 16.5. The fraction of sp³-hybridized carbons (Fsp3) is 0.375. The third-order valence-corrected chi connectivity index (χ3v) is 3.63. The molecule has 2 amide bonds. The molecule has 2 aromatic rings. The number of rotatable bonds is 5. The fourth-order valence-electron chi connectivity index (χ4n) is 2.44. The van der Waals surface area contributed by atoms with E-state index in [4.69, 9.17) is 9.26 Å². The van der Waals surface area contributed by atoms with Crippen LogP contribution >= 0.6 is 0 Å². The normalized spacial score (nSPS) is 13.4. The Kier molecular flexibility index (Phi) is 4.45. The number of carbonyl (C=O) groups excluding carboxylic acids is 2. The van der Waals surface area contributed by atoms with Crippen molar-refractivity contribution < 1.29 is 18.8 Å². The molecule has 1 aliphatic rings. The molecule has 1 aromatic carbocycles. The highest BCUT2D eigenvalue weighted by molar-refractivity contribution is 5.98. The van der Waals surface area contributed by atoms with E-state index in [1.54, 1.807) is 23.1 Å². The van der Waals surface area contributed by atoms with Gasteiger partial charge in [0, 0.05) is 18.7 Å². The Hall–Kier alpha value is -2.90. The van der Waals surface area contributed by atoms with Crippen molar-refractivity contribution in [3.05, 3.63) is 24.1 Å². The average Bonchev–Trinajstić information content (AvgIpc) is 3.09. The van der Waals surface area contributed by atoms with Crippen LogP contribution in [-0.4, -0.2) is 41.7 Å². The van der Waals surface area contributed by atoms with Gasteiger partial charge in [-0.15, -0.1) is 0 Å². The number of anilines is 1. The third kappa shape index (κ3) is 2.94. The molecule has 24 heavy (non-hydrogen) atoms. The summed E-state index contributed by atoms with van der Waals surface area (Å²) in [4.78, 5) is 29.4. The van der Waals surface area contributed by atoms with E-state index < -0.39 is 5.91 Å². The highest BCUT2D eigenvalue weighted by Crippen LogP contribution is 2.35. The summed E-state index contributed by atoms with van der Waals surface area (Å²) in [5.41, 5.74) is 1.36. The molecule has 0 aliphatic carbocycles. The van der Waals surface area contributed by atoms with Gasteiger partial charge < -0.3 is 19.5 Å². The minimum absolute atomic E-state index is 0.00120. The van der Waals surface area contributed by atoms with Gasteiger partial charge in [0.25, 0.3) is 5.91 Å². The molecular formula is C16H18N4O4. The molecule has 8 nitrogen and oxygen atoms in total. The summed E-state index contributed by atoms with van der Waals surface area (Å²) in [7, 11) is 0. The summed E-state index contributed by atoms with van der Waals surface area (Å²) in [6, 6.07) is 5.28. The van der Waals surface area contributed by atoms with E-state index in [2.05, 4.69) is 15.5 Å². The highest BCUT2D eigenvalue weighted by Gasteiger charge is 2.25. The maximum atomic E-state index is 11.8. The zero-order valence-corrected chi connectivity index (χ0v) is 13.5. The molecule has 0 bridgehead atoms. The molecule has 0 unspecified atom stereocenters. The van der Waals surface area contributed by atoms with Crippen LogP contribution in [0.3, 0.4) is 0 Å². The summed E-state index contributed by atoms with van der Waals surface area (Å²) in [5.74, 6) is 0.320. The first-order valence-corrected chi connectivity index (χ1v) is 7.83. The molecule has 1 aliphatic heterocycles. The molecule has 0 saturated heterocycles. The summed E-state index contributed by atoms with van der Waals surface area (Å²) >= 11 is 0. The van der Waals surface area contributed by atoms with Gasteiger partial charge in [-0.1, -0.05) is 12.1 Å². The standard InChI is InChI=1S/C16H18N4O4/c1-3-7-17-15(22)16-18-14(19-24-16)10-5-6-11-12(8-10)23-9-13(21)20(11)4-2/h5-6,8H,3-4,7,9H2,1-2H3,(H,17,22). The maximum absolute atomic E-state index is 11.8. The number of hydrogen-bond acceptors (Lipinski definition) is 6. The van der Waals surface area contributed by atoms with E-state index in [0.717, 1.165) is 6.42 Å².